The SMILES string of the molecule is CCCC(N1CCOCC1)n1c(C)ncc(-c2ccccc2)c1=O. The molecule has 1 fully saturated rings. The van der Waals surface area contributed by atoms with E-state index >= 15 is 0 Å². The van der Waals surface area contributed by atoms with E-state index in [1.807, 2.05) is 41.8 Å². The Morgan fingerprint density at radius 1 is 1.21 bits per heavy atom. The van der Waals surface area contributed by atoms with Gasteiger partial charge in [0, 0.05) is 19.3 Å². The number of benzene rings is 1. The Hall–Kier alpha value is -1.98. The summed E-state index contributed by atoms with van der Waals surface area (Å²) >= 11 is 0. The van der Waals surface area contributed by atoms with Crippen molar-refractivity contribution in [2.24, 2.45) is 0 Å². The maximum absolute atomic E-state index is 13.2. The minimum atomic E-state index is 0.0404. The second-order valence-corrected chi connectivity index (χ2v) is 6.18. The molecule has 2 heterocycles. The Bertz CT molecular complexity index is 721. The van der Waals surface area contributed by atoms with E-state index in [2.05, 4.69) is 16.8 Å². The van der Waals surface area contributed by atoms with Crippen molar-refractivity contribution in [2.45, 2.75) is 32.9 Å². The molecule has 1 atom stereocenters. The van der Waals surface area contributed by atoms with Gasteiger partial charge in [0.05, 0.1) is 24.9 Å². The summed E-state index contributed by atoms with van der Waals surface area (Å²) in [5.41, 5.74) is 1.62. The third-order valence-corrected chi connectivity index (χ3v) is 4.58. The Morgan fingerprint density at radius 3 is 2.58 bits per heavy atom. The van der Waals surface area contributed by atoms with E-state index in [4.69, 9.17) is 4.74 Å². The highest BCUT2D eigenvalue weighted by molar-refractivity contribution is 5.61. The van der Waals surface area contributed by atoms with Crippen LogP contribution in [0.15, 0.2) is 41.3 Å². The third kappa shape index (κ3) is 3.42. The van der Waals surface area contributed by atoms with Gasteiger partial charge in [0.15, 0.2) is 0 Å². The van der Waals surface area contributed by atoms with E-state index in [9.17, 15) is 4.79 Å². The quantitative estimate of drug-likeness (QED) is 0.847. The maximum atomic E-state index is 13.2. The molecule has 24 heavy (non-hydrogen) atoms. The van der Waals surface area contributed by atoms with Crippen molar-refractivity contribution >= 4 is 0 Å². The molecule has 5 heteroatoms. The second-order valence-electron chi connectivity index (χ2n) is 6.18. The van der Waals surface area contributed by atoms with Crippen molar-refractivity contribution < 1.29 is 4.74 Å². The van der Waals surface area contributed by atoms with Gasteiger partial charge >= 0.3 is 0 Å². The minimum Gasteiger partial charge on any atom is -0.379 e. The number of rotatable bonds is 5. The zero-order chi connectivity index (χ0) is 16.9. The van der Waals surface area contributed by atoms with Gasteiger partial charge in [-0.3, -0.25) is 14.3 Å². The summed E-state index contributed by atoms with van der Waals surface area (Å²) in [5, 5.41) is 0. The smallest absolute Gasteiger partial charge is 0.262 e. The second kappa shape index (κ2) is 7.73. The molecule has 1 aliphatic heterocycles. The Kier molecular flexibility index (Phi) is 5.43. The van der Waals surface area contributed by atoms with Crippen molar-refractivity contribution in [3.8, 4) is 11.1 Å². The van der Waals surface area contributed by atoms with Gasteiger partial charge in [-0.15, -0.1) is 0 Å². The predicted octanol–water partition coefficient (Wildman–Crippen LogP) is 2.85. The van der Waals surface area contributed by atoms with Crippen molar-refractivity contribution in [1.29, 1.82) is 0 Å². The summed E-state index contributed by atoms with van der Waals surface area (Å²) in [6, 6.07) is 9.77. The lowest BCUT2D eigenvalue weighted by Crippen LogP contribution is -2.45. The molecule has 128 valence electrons. The summed E-state index contributed by atoms with van der Waals surface area (Å²) in [7, 11) is 0. The number of hydrogen-bond donors (Lipinski definition) is 0. The topological polar surface area (TPSA) is 47.4 Å². The zero-order valence-corrected chi connectivity index (χ0v) is 14.4. The van der Waals surface area contributed by atoms with Gasteiger partial charge in [0.2, 0.25) is 0 Å². The summed E-state index contributed by atoms with van der Waals surface area (Å²) in [4.78, 5) is 20.1. The average Bonchev–Trinajstić information content (AvgIpc) is 2.62. The molecule has 0 aliphatic carbocycles. The van der Waals surface area contributed by atoms with Gasteiger partial charge in [-0.1, -0.05) is 43.7 Å². The molecule has 0 N–H and O–H groups in total. The molecule has 3 rings (SSSR count). The van der Waals surface area contributed by atoms with E-state index in [-0.39, 0.29) is 11.7 Å². The van der Waals surface area contributed by atoms with Crippen LogP contribution in [-0.2, 0) is 4.74 Å². The van der Waals surface area contributed by atoms with Crippen molar-refractivity contribution in [1.82, 2.24) is 14.5 Å². The number of hydrogen-bond acceptors (Lipinski definition) is 4. The van der Waals surface area contributed by atoms with Crippen LogP contribution >= 0.6 is 0 Å². The third-order valence-electron chi connectivity index (χ3n) is 4.58. The fourth-order valence-corrected chi connectivity index (χ4v) is 3.33. The highest BCUT2D eigenvalue weighted by Gasteiger charge is 2.25. The Labute approximate surface area is 142 Å². The number of aryl methyl sites for hydroxylation is 1. The van der Waals surface area contributed by atoms with Crippen LogP contribution in [0.4, 0.5) is 0 Å². The van der Waals surface area contributed by atoms with Crippen LogP contribution in [0, 0.1) is 6.92 Å². The van der Waals surface area contributed by atoms with Gasteiger partial charge < -0.3 is 4.74 Å². The Balaban J connectivity index is 2.06. The number of nitrogens with zero attached hydrogens (tertiary/aromatic N) is 3. The van der Waals surface area contributed by atoms with Gasteiger partial charge in [0.25, 0.3) is 5.56 Å². The van der Waals surface area contributed by atoms with Gasteiger partial charge in [-0.2, -0.15) is 0 Å². The van der Waals surface area contributed by atoms with Crippen LogP contribution in [0.5, 0.6) is 0 Å². The molecule has 1 aromatic heterocycles. The lowest BCUT2D eigenvalue weighted by atomic mass is 10.1. The number of morpholine rings is 1. The number of ether oxygens (including phenoxy) is 1. The van der Waals surface area contributed by atoms with Crippen LogP contribution in [0.3, 0.4) is 0 Å². The molecule has 0 bridgehead atoms. The lowest BCUT2D eigenvalue weighted by Gasteiger charge is -2.36. The standard InChI is InChI=1S/C19H25N3O2/c1-3-7-18(21-10-12-24-13-11-21)22-15(2)20-14-17(19(22)23)16-8-5-4-6-9-16/h4-6,8-9,14,18H,3,7,10-13H2,1-2H3. The highest BCUT2D eigenvalue weighted by atomic mass is 16.5. The van der Waals surface area contributed by atoms with Crippen molar-refractivity contribution in [3.05, 3.63) is 52.7 Å². The molecule has 1 aliphatic rings. The fraction of sp³-hybridized carbons (Fsp3) is 0.474. The maximum Gasteiger partial charge on any atom is 0.262 e. The van der Waals surface area contributed by atoms with Crippen molar-refractivity contribution in [2.75, 3.05) is 26.3 Å². The van der Waals surface area contributed by atoms with E-state index in [1.165, 1.54) is 0 Å². The first-order chi connectivity index (χ1) is 11.7. The van der Waals surface area contributed by atoms with Crippen LogP contribution in [0.1, 0.15) is 31.8 Å². The summed E-state index contributed by atoms with van der Waals surface area (Å²) in [6.07, 6.45) is 3.69. The molecule has 0 amide bonds. The summed E-state index contributed by atoms with van der Waals surface area (Å²) in [5.74, 6) is 0.768. The van der Waals surface area contributed by atoms with Crippen LogP contribution in [0.25, 0.3) is 11.1 Å². The van der Waals surface area contributed by atoms with Crippen molar-refractivity contribution in [3.63, 3.8) is 0 Å². The molecular weight excluding hydrogens is 302 g/mol. The molecule has 0 spiro atoms. The first-order valence-corrected chi connectivity index (χ1v) is 8.67. The molecule has 5 nitrogen and oxygen atoms in total. The van der Waals surface area contributed by atoms with Gasteiger partial charge in [0.1, 0.15) is 5.82 Å². The Morgan fingerprint density at radius 2 is 1.92 bits per heavy atom. The summed E-state index contributed by atoms with van der Waals surface area (Å²) in [6.45, 7) is 7.22. The first kappa shape index (κ1) is 16.9. The zero-order valence-electron chi connectivity index (χ0n) is 14.4. The van der Waals surface area contributed by atoms with Crippen LogP contribution in [-0.4, -0.2) is 40.8 Å². The molecule has 1 unspecified atom stereocenters. The van der Waals surface area contributed by atoms with Crippen LogP contribution in [0.2, 0.25) is 0 Å². The van der Waals surface area contributed by atoms with E-state index in [0.29, 0.717) is 5.56 Å². The summed E-state index contributed by atoms with van der Waals surface area (Å²) < 4.78 is 7.34. The van der Waals surface area contributed by atoms with E-state index in [0.717, 1.165) is 50.5 Å². The average molecular weight is 327 g/mol. The largest absolute Gasteiger partial charge is 0.379 e. The monoisotopic (exact) mass is 327 g/mol. The molecule has 1 aromatic carbocycles. The first-order valence-electron chi connectivity index (χ1n) is 8.67. The molecule has 2 aromatic rings. The van der Waals surface area contributed by atoms with Gasteiger partial charge in [-0.25, -0.2) is 4.98 Å². The predicted molar refractivity (Wildman–Crippen MR) is 95.0 cm³/mol. The molecule has 0 saturated carbocycles. The lowest BCUT2D eigenvalue weighted by molar-refractivity contribution is -0.00612. The highest BCUT2D eigenvalue weighted by Crippen LogP contribution is 2.22. The molecular formula is C19H25N3O2. The normalized spacial score (nSPS) is 16.9. The molecule has 1 saturated heterocycles. The minimum absolute atomic E-state index is 0.0404. The van der Waals surface area contributed by atoms with E-state index < -0.39 is 0 Å². The van der Waals surface area contributed by atoms with E-state index in [1.54, 1.807) is 6.20 Å². The molecule has 0 radical (unpaired) electrons. The number of aromatic nitrogens is 2. The van der Waals surface area contributed by atoms with Crippen LogP contribution < -0.4 is 5.56 Å². The van der Waals surface area contributed by atoms with Gasteiger partial charge in [-0.05, 0) is 18.9 Å². The fourth-order valence-electron chi connectivity index (χ4n) is 3.33.